The molecule has 0 bridgehead atoms. The molecule has 1 fully saturated rings. The van der Waals surface area contributed by atoms with E-state index in [9.17, 15) is 18.0 Å². The lowest BCUT2D eigenvalue weighted by Crippen LogP contribution is -2.55. The van der Waals surface area contributed by atoms with Crippen LogP contribution in [-0.2, 0) is 39.0 Å². The standard InChI is InChI=1S/C33H40BrN3O4S/c1-3-25-17-19-30(20-18-25)37(42(2,40)41)24-32(38)36(23-27-13-10-14-28(34)21-27)31(22-26-11-6-4-7-12-26)33(39)35-29-15-8-5-9-16-29/h4,6-7,10-14,17-21,29,31H,3,5,8-9,15-16,22-24H2,1-2H3,(H,35,39)/t31-/m0/s1. The van der Waals surface area contributed by atoms with Gasteiger partial charge < -0.3 is 10.2 Å². The van der Waals surface area contributed by atoms with E-state index in [4.69, 9.17) is 0 Å². The summed E-state index contributed by atoms with van der Waals surface area (Å²) in [6, 6.07) is 23.7. The van der Waals surface area contributed by atoms with Crippen molar-refractivity contribution < 1.29 is 18.0 Å². The van der Waals surface area contributed by atoms with Gasteiger partial charge in [-0.3, -0.25) is 13.9 Å². The first kappa shape index (κ1) is 31.8. The van der Waals surface area contributed by atoms with E-state index in [0.717, 1.165) is 70.2 Å². The highest BCUT2D eigenvalue weighted by atomic mass is 79.9. The number of carbonyl (C=O) groups is 2. The van der Waals surface area contributed by atoms with Crippen LogP contribution in [0.25, 0.3) is 0 Å². The Hall–Kier alpha value is -3.17. The van der Waals surface area contributed by atoms with Gasteiger partial charge in [0, 0.05) is 23.5 Å². The zero-order valence-corrected chi connectivity index (χ0v) is 26.7. The van der Waals surface area contributed by atoms with Crippen molar-refractivity contribution >= 4 is 43.5 Å². The molecule has 0 heterocycles. The molecule has 0 radical (unpaired) electrons. The molecule has 1 aliphatic carbocycles. The maximum atomic E-state index is 14.2. The highest BCUT2D eigenvalue weighted by Gasteiger charge is 2.34. The topological polar surface area (TPSA) is 86.8 Å². The lowest BCUT2D eigenvalue weighted by atomic mass is 9.94. The Morgan fingerprint density at radius 3 is 2.19 bits per heavy atom. The maximum absolute atomic E-state index is 14.2. The molecule has 1 atom stereocenters. The number of rotatable bonds is 12. The molecule has 0 aromatic heterocycles. The molecule has 1 N–H and O–H groups in total. The van der Waals surface area contributed by atoms with Crippen LogP contribution in [0.15, 0.2) is 83.3 Å². The Morgan fingerprint density at radius 1 is 0.905 bits per heavy atom. The van der Waals surface area contributed by atoms with Gasteiger partial charge in [-0.05, 0) is 60.2 Å². The van der Waals surface area contributed by atoms with E-state index >= 15 is 0 Å². The highest BCUT2D eigenvalue weighted by molar-refractivity contribution is 9.10. The van der Waals surface area contributed by atoms with E-state index in [-0.39, 0.29) is 18.5 Å². The molecule has 3 aromatic carbocycles. The molecule has 0 saturated heterocycles. The Balaban J connectivity index is 1.71. The zero-order chi connectivity index (χ0) is 30.1. The van der Waals surface area contributed by atoms with Gasteiger partial charge in [0.05, 0.1) is 11.9 Å². The number of hydrogen-bond acceptors (Lipinski definition) is 4. The Bertz CT molecular complexity index is 1440. The summed E-state index contributed by atoms with van der Waals surface area (Å²) in [6.45, 7) is 1.76. The maximum Gasteiger partial charge on any atom is 0.244 e. The Kier molecular flexibility index (Phi) is 11.2. The summed E-state index contributed by atoms with van der Waals surface area (Å²) in [5, 5.41) is 3.23. The molecule has 4 rings (SSSR count). The molecular weight excluding hydrogens is 614 g/mol. The summed E-state index contributed by atoms with van der Waals surface area (Å²) in [5.41, 5.74) is 3.23. The average molecular weight is 655 g/mol. The highest BCUT2D eigenvalue weighted by Crippen LogP contribution is 2.23. The van der Waals surface area contributed by atoms with Crippen molar-refractivity contribution in [2.24, 2.45) is 0 Å². The predicted octanol–water partition coefficient (Wildman–Crippen LogP) is 5.87. The van der Waals surface area contributed by atoms with Crippen LogP contribution in [0.5, 0.6) is 0 Å². The summed E-state index contributed by atoms with van der Waals surface area (Å²) >= 11 is 3.51. The number of carbonyl (C=O) groups excluding carboxylic acids is 2. The van der Waals surface area contributed by atoms with E-state index in [1.807, 2.05) is 73.7 Å². The van der Waals surface area contributed by atoms with Crippen molar-refractivity contribution in [3.8, 4) is 0 Å². The van der Waals surface area contributed by atoms with Gasteiger partial charge in [-0.1, -0.05) is 96.7 Å². The normalized spacial score (nSPS) is 14.6. The van der Waals surface area contributed by atoms with Gasteiger partial charge in [-0.25, -0.2) is 8.42 Å². The molecule has 3 aromatic rings. The zero-order valence-electron chi connectivity index (χ0n) is 24.3. The second kappa shape index (κ2) is 14.8. The number of anilines is 1. The van der Waals surface area contributed by atoms with Crippen molar-refractivity contribution in [2.75, 3.05) is 17.1 Å². The van der Waals surface area contributed by atoms with E-state index in [1.165, 1.54) is 0 Å². The van der Waals surface area contributed by atoms with Crippen LogP contribution in [0.2, 0.25) is 0 Å². The van der Waals surface area contributed by atoms with Crippen LogP contribution in [-0.4, -0.2) is 50.0 Å². The minimum Gasteiger partial charge on any atom is -0.352 e. The minimum atomic E-state index is -3.80. The number of hydrogen-bond donors (Lipinski definition) is 1. The van der Waals surface area contributed by atoms with Gasteiger partial charge >= 0.3 is 0 Å². The molecule has 0 unspecified atom stereocenters. The van der Waals surface area contributed by atoms with Crippen molar-refractivity contribution in [1.29, 1.82) is 0 Å². The summed E-state index contributed by atoms with van der Waals surface area (Å²) < 4.78 is 27.9. The van der Waals surface area contributed by atoms with E-state index < -0.39 is 28.5 Å². The van der Waals surface area contributed by atoms with Crippen molar-refractivity contribution in [3.05, 3.63) is 100 Å². The molecule has 2 amide bonds. The monoisotopic (exact) mass is 653 g/mol. The average Bonchev–Trinajstić information content (AvgIpc) is 2.98. The second-order valence-corrected chi connectivity index (χ2v) is 13.8. The fraction of sp³-hybridized carbons (Fsp3) is 0.394. The van der Waals surface area contributed by atoms with Crippen LogP contribution in [0.1, 0.15) is 55.7 Å². The molecule has 224 valence electrons. The quantitative estimate of drug-likeness (QED) is 0.265. The van der Waals surface area contributed by atoms with Gasteiger partial charge in [-0.15, -0.1) is 0 Å². The second-order valence-electron chi connectivity index (χ2n) is 11.0. The van der Waals surface area contributed by atoms with E-state index in [1.54, 1.807) is 17.0 Å². The van der Waals surface area contributed by atoms with Crippen LogP contribution in [0.3, 0.4) is 0 Å². The molecule has 7 nitrogen and oxygen atoms in total. The van der Waals surface area contributed by atoms with Crippen molar-refractivity contribution in [1.82, 2.24) is 10.2 Å². The lowest BCUT2D eigenvalue weighted by Gasteiger charge is -2.35. The first-order valence-corrected chi connectivity index (χ1v) is 17.2. The first-order chi connectivity index (χ1) is 20.1. The van der Waals surface area contributed by atoms with Gasteiger partial charge in [0.15, 0.2) is 0 Å². The number of amides is 2. The first-order valence-electron chi connectivity index (χ1n) is 14.6. The van der Waals surface area contributed by atoms with Crippen LogP contribution < -0.4 is 9.62 Å². The third-order valence-corrected chi connectivity index (χ3v) is 9.41. The summed E-state index contributed by atoms with van der Waals surface area (Å²) in [7, 11) is -3.80. The largest absolute Gasteiger partial charge is 0.352 e. The van der Waals surface area contributed by atoms with Crippen LogP contribution in [0, 0.1) is 0 Å². The number of benzene rings is 3. The lowest BCUT2D eigenvalue weighted by molar-refractivity contribution is -0.140. The third-order valence-electron chi connectivity index (χ3n) is 7.78. The van der Waals surface area contributed by atoms with Crippen molar-refractivity contribution in [3.63, 3.8) is 0 Å². The van der Waals surface area contributed by atoms with Gasteiger partial charge in [0.2, 0.25) is 21.8 Å². The number of aryl methyl sites for hydroxylation is 1. The van der Waals surface area contributed by atoms with Gasteiger partial charge in [0.1, 0.15) is 12.6 Å². The fourth-order valence-electron chi connectivity index (χ4n) is 5.44. The third kappa shape index (κ3) is 8.91. The number of nitrogens with one attached hydrogen (secondary N) is 1. The number of sulfonamides is 1. The molecule has 0 aliphatic heterocycles. The van der Waals surface area contributed by atoms with Crippen LogP contribution in [0.4, 0.5) is 5.69 Å². The van der Waals surface area contributed by atoms with Gasteiger partial charge in [-0.2, -0.15) is 0 Å². The molecule has 0 spiro atoms. The van der Waals surface area contributed by atoms with E-state index in [0.29, 0.717) is 12.1 Å². The predicted molar refractivity (Wildman–Crippen MR) is 172 cm³/mol. The van der Waals surface area contributed by atoms with Crippen LogP contribution >= 0.6 is 15.9 Å². The van der Waals surface area contributed by atoms with E-state index in [2.05, 4.69) is 21.2 Å². The minimum absolute atomic E-state index is 0.0666. The smallest absolute Gasteiger partial charge is 0.244 e. The SMILES string of the molecule is CCc1ccc(N(CC(=O)N(Cc2cccc(Br)c2)[C@@H](Cc2ccccc2)C(=O)NC2CCCCC2)S(C)(=O)=O)cc1. The summed E-state index contributed by atoms with van der Waals surface area (Å²) in [6.07, 6.45) is 7.35. The van der Waals surface area contributed by atoms with Crippen molar-refractivity contribution in [2.45, 2.75) is 70.5 Å². The fourth-order valence-corrected chi connectivity index (χ4v) is 6.74. The molecule has 42 heavy (non-hydrogen) atoms. The van der Waals surface area contributed by atoms with Gasteiger partial charge in [0.25, 0.3) is 0 Å². The molecule has 1 saturated carbocycles. The number of nitrogens with zero attached hydrogens (tertiary/aromatic N) is 2. The molecule has 1 aliphatic rings. The Morgan fingerprint density at radius 2 is 1.57 bits per heavy atom. The number of halogens is 1. The summed E-state index contributed by atoms with van der Waals surface area (Å²) in [5.74, 6) is -0.660. The summed E-state index contributed by atoms with van der Waals surface area (Å²) in [4.78, 5) is 29.8. The molecule has 9 heteroatoms. The molecular formula is C33H40BrN3O4S. The Labute approximate surface area is 258 Å².